The Hall–Kier alpha value is -2.54. The lowest BCUT2D eigenvalue weighted by Gasteiger charge is -2.22. The summed E-state index contributed by atoms with van der Waals surface area (Å²) >= 11 is 12.2. The highest BCUT2D eigenvalue weighted by Crippen LogP contribution is 2.35. The average molecular weight is 459 g/mol. The minimum absolute atomic E-state index is 0.539. The maximum absolute atomic E-state index is 6.15. The third kappa shape index (κ3) is 5.79. The number of nitrogens with one attached hydrogen (secondary N) is 4. The van der Waals surface area contributed by atoms with Crippen LogP contribution in [0.5, 0.6) is 0 Å². The summed E-state index contributed by atoms with van der Waals surface area (Å²) < 4.78 is 0. The van der Waals surface area contributed by atoms with Gasteiger partial charge in [-0.2, -0.15) is 0 Å². The van der Waals surface area contributed by atoms with Gasteiger partial charge in [0.05, 0.1) is 21.9 Å². The molecular formula is C23H28Cl2N6. The lowest BCUT2D eigenvalue weighted by molar-refractivity contribution is 0.671. The molecule has 0 bridgehead atoms. The molecule has 1 aliphatic carbocycles. The van der Waals surface area contributed by atoms with E-state index in [0.29, 0.717) is 10.0 Å². The minimum atomic E-state index is 0.539. The SMILES string of the molecule is CNCCNc1c2c(nc3ccc(Nc4ccc(Cl)c(Cl)c4)cc13)CCCC2.N=CN. The third-order valence-electron chi connectivity index (χ3n) is 5.15. The van der Waals surface area contributed by atoms with Crippen molar-refractivity contribution in [2.75, 3.05) is 30.8 Å². The van der Waals surface area contributed by atoms with E-state index in [2.05, 4.69) is 39.9 Å². The fourth-order valence-corrected chi connectivity index (χ4v) is 4.05. The molecule has 0 radical (unpaired) electrons. The van der Waals surface area contributed by atoms with Crippen molar-refractivity contribution in [3.8, 4) is 0 Å². The molecule has 0 fully saturated rings. The first kappa shape index (κ1) is 23.1. The largest absolute Gasteiger partial charge is 0.390 e. The van der Waals surface area contributed by atoms with Crippen LogP contribution in [0.4, 0.5) is 17.1 Å². The van der Waals surface area contributed by atoms with Gasteiger partial charge < -0.3 is 21.7 Å². The average Bonchev–Trinajstić information content (AvgIpc) is 2.77. The molecule has 1 aromatic heterocycles. The quantitative estimate of drug-likeness (QED) is 0.195. The zero-order valence-corrected chi connectivity index (χ0v) is 19.1. The monoisotopic (exact) mass is 458 g/mol. The number of aryl methyl sites for hydroxylation is 1. The Balaban J connectivity index is 0.000000858. The summed E-state index contributed by atoms with van der Waals surface area (Å²) in [5.41, 5.74) is 11.2. The smallest absolute Gasteiger partial charge is 0.0765 e. The molecule has 3 aromatic rings. The highest BCUT2D eigenvalue weighted by Gasteiger charge is 2.18. The molecule has 0 saturated carbocycles. The Morgan fingerprint density at radius 1 is 1.03 bits per heavy atom. The van der Waals surface area contributed by atoms with Gasteiger partial charge in [-0.25, -0.2) is 0 Å². The van der Waals surface area contributed by atoms with Gasteiger partial charge in [0.25, 0.3) is 0 Å². The molecule has 0 unspecified atom stereocenters. The predicted octanol–water partition coefficient (Wildman–Crippen LogP) is 5.35. The van der Waals surface area contributed by atoms with E-state index in [0.717, 1.165) is 54.5 Å². The fraction of sp³-hybridized carbons (Fsp3) is 0.304. The summed E-state index contributed by atoms with van der Waals surface area (Å²) in [6, 6.07) is 11.9. The molecule has 4 rings (SSSR count). The number of likely N-dealkylation sites (N-methyl/N-ethyl adjacent to an activating group) is 1. The van der Waals surface area contributed by atoms with E-state index in [4.69, 9.17) is 33.6 Å². The minimum Gasteiger partial charge on any atom is -0.390 e. The van der Waals surface area contributed by atoms with E-state index in [1.165, 1.54) is 29.8 Å². The highest BCUT2D eigenvalue weighted by molar-refractivity contribution is 6.42. The molecule has 1 heterocycles. The van der Waals surface area contributed by atoms with Crippen LogP contribution in [0, 0.1) is 5.41 Å². The Morgan fingerprint density at radius 2 is 1.74 bits per heavy atom. The van der Waals surface area contributed by atoms with Gasteiger partial charge in [-0.3, -0.25) is 10.4 Å². The van der Waals surface area contributed by atoms with Crippen LogP contribution in [0.15, 0.2) is 36.4 Å². The van der Waals surface area contributed by atoms with Crippen LogP contribution >= 0.6 is 23.2 Å². The van der Waals surface area contributed by atoms with E-state index in [1.54, 1.807) is 6.07 Å². The zero-order valence-electron chi connectivity index (χ0n) is 17.6. The van der Waals surface area contributed by atoms with Crippen molar-refractivity contribution in [3.05, 3.63) is 57.7 Å². The van der Waals surface area contributed by atoms with Crippen molar-refractivity contribution in [1.29, 1.82) is 5.41 Å². The maximum atomic E-state index is 6.15. The Kier molecular flexibility index (Phi) is 8.35. The summed E-state index contributed by atoms with van der Waals surface area (Å²) in [6.07, 6.45) is 5.35. The predicted molar refractivity (Wildman–Crippen MR) is 134 cm³/mol. The zero-order chi connectivity index (χ0) is 22.2. The molecule has 2 aromatic carbocycles. The highest BCUT2D eigenvalue weighted by atomic mass is 35.5. The molecule has 0 aliphatic heterocycles. The Labute approximate surface area is 193 Å². The Morgan fingerprint density at radius 3 is 2.48 bits per heavy atom. The molecule has 0 spiro atoms. The van der Waals surface area contributed by atoms with Gasteiger partial charge >= 0.3 is 0 Å². The topological polar surface area (TPSA) is 98.9 Å². The fourth-order valence-electron chi connectivity index (χ4n) is 3.76. The van der Waals surface area contributed by atoms with Gasteiger partial charge in [0.2, 0.25) is 0 Å². The van der Waals surface area contributed by atoms with Crippen molar-refractivity contribution in [2.45, 2.75) is 25.7 Å². The summed E-state index contributed by atoms with van der Waals surface area (Å²) in [6.45, 7) is 1.80. The van der Waals surface area contributed by atoms with Gasteiger partial charge in [-0.15, -0.1) is 0 Å². The molecule has 164 valence electrons. The van der Waals surface area contributed by atoms with Crippen LogP contribution < -0.4 is 21.7 Å². The van der Waals surface area contributed by atoms with Crippen molar-refractivity contribution < 1.29 is 0 Å². The molecule has 31 heavy (non-hydrogen) atoms. The molecular weight excluding hydrogens is 431 g/mol. The van der Waals surface area contributed by atoms with Crippen molar-refractivity contribution in [3.63, 3.8) is 0 Å². The van der Waals surface area contributed by atoms with E-state index >= 15 is 0 Å². The molecule has 8 heteroatoms. The number of anilines is 3. The second kappa shape index (κ2) is 11.2. The first-order chi connectivity index (χ1) is 15.1. The lowest BCUT2D eigenvalue weighted by atomic mass is 9.92. The first-order valence-electron chi connectivity index (χ1n) is 10.3. The van der Waals surface area contributed by atoms with E-state index in [1.807, 2.05) is 19.2 Å². The van der Waals surface area contributed by atoms with Gasteiger partial charge in [0.1, 0.15) is 0 Å². The number of nitrogens with two attached hydrogens (primary N) is 1. The second-order valence-electron chi connectivity index (χ2n) is 7.30. The van der Waals surface area contributed by atoms with Crippen molar-refractivity contribution in [1.82, 2.24) is 10.3 Å². The normalized spacial score (nSPS) is 12.5. The molecule has 0 amide bonds. The summed E-state index contributed by atoms with van der Waals surface area (Å²) in [4.78, 5) is 4.96. The summed E-state index contributed by atoms with van der Waals surface area (Å²) in [5.74, 6) is 0. The third-order valence-corrected chi connectivity index (χ3v) is 5.89. The van der Waals surface area contributed by atoms with Crippen LogP contribution in [0.3, 0.4) is 0 Å². The van der Waals surface area contributed by atoms with E-state index in [9.17, 15) is 0 Å². The number of benzene rings is 2. The number of halogens is 2. The summed E-state index contributed by atoms with van der Waals surface area (Å²) in [7, 11) is 1.97. The number of pyridine rings is 1. The molecule has 0 atom stereocenters. The van der Waals surface area contributed by atoms with Crippen molar-refractivity contribution >= 4 is 57.5 Å². The van der Waals surface area contributed by atoms with E-state index < -0.39 is 0 Å². The molecule has 6 nitrogen and oxygen atoms in total. The number of fused-ring (bicyclic) bond motifs is 2. The molecule has 6 N–H and O–H groups in total. The van der Waals surface area contributed by atoms with Gasteiger partial charge in [-0.1, -0.05) is 23.2 Å². The Bertz CT molecular complexity index is 1050. The lowest BCUT2D eigenvalue weighted by Crippen LogP contribution is -2.19. The van der Waals surface area contributed by atoms with Crippen LogP contribution in [0.25, 0.3) is 10.9 Å². The number of aromatic nitrogens is 1. The number of nitrogens with zero attached hydrogens (tertiary/aromatic N) is 1. The number of hydrogen-bond acceptors (Lipinski definition) is 5. The first-order valence-corrected chi connectivity index (χ1v) is 11.1. The number of hydrogen-bond donors (Lipinski definition) is 5. The van der Waals surface area contributed by atoms with Gasteiger partial charge in [0, 0.05) is 41.2 Å². The van der Waals surface area contributed by atoms with Gasteiger partial charge in [-0.05, 0) is 74.7 Å². The summed E-state index contributed by atoms with van der Waals surface area (Å²) in [5, 5.41) is 18.4. The van der Waals surface area contributed by atoms with Crippen LogP contribution in [0.1, 0.15) is 24.1 Å². The van der Waals surface area contributed by atoms with Crippen LogP contribution in [-0.2, 0) is 12.8 Å². The standard InChI is InChI=1S/C22H24Cl2N4.CH4N2/c1-25-10-11-26-22-16-4-2-3-5-20(16)28-21-9-7-14(12-17(21)22)27-15-6-8-18(23)19(24)13-15;2-1-3/h6-9,12-13,25,27H,2-5,10-11H2,1H3,(H,26,28);1H,(H3,2,3). The van der Waals surface area contributed by atoms with Crippen molar-refractivity contribution in [2.24, 2.45) is 5.73 Å². The maximum Gasteiger partial charge on any atom is 0.0765 e. The molecule has 1 aliphatic rings. The van der Waals surface area contributed by atoms with Gasteiger partial charge in [0.15, 0.2) is 0 Å². The molecule has 0 saturated heterocycles. The van der Waals surface area contributed by atoms with Crippen LogP contribution in [0.2, 0.25) is 10.0 Å². The second-order valence-corrected chi connectivity index (χ2v) is 8.12. The van der Waals surface area contributed by atoms with Crippen LogP contribution in [-0.4, -0.2) is 31.5 Å². The van der Waals surface area contributed by atoms with E-state index in [-0.39, 0.29) is 0 Å². The number of rotatable bonds is 6.